The lowest BCUT2D eigenvalue weighted by Gasteiger charge is -2.18. The Morgan fingerprint density at radius 2 is 1.81 bits per heavy atom. The van der Waals surface area contributed by atoms with E-state index in [1.165, 1.54) is 5.56 Å². The second-order valence-corrected chi connectivity index (χ2v) is 7.35. The molecule has 1 heterocycles. The van der Waals surface area contributed by atoms with Gasteiger partial charge in [-0.05, 0) is 75.2 Å². The van der Waals surface area contributed by atoms with E-state index in [0.29, 0.717) is 12.2 Å². The predicted molar refractivity (Wildman–Crippen MR) is 107 cm³/mol. The lowest BCUT2D eigenvalue weighted by atomic mass is 10.1. The molecule has 1 unspecified atom stereocenters. The summed E-state index contributed by atoms with van der Waals surface area (Å²) >= 11 is 0. The van der Waals surface area contributed by atoms with Crippen LogP contribution in [0.15, 0.2) is 42.5 Å². The van der Waals surface area contributed by atoms with E-state index in [1.807, 2.05) is 70.2 Å². The third kappa shape index (κ3) is 4.48. The molecule has 3 rings (SSSR count). The number of carbonyl (C=O) groups is 2. The molecule has 0 spiro atoms. The molecule has 0 saturated carbocycles. The largest absolute Gasteiger partial charge is 0.491 e. The van der Waals surface area contributed by atoms with Crippen LogP contribution in [0.2, 0.25) is 0 Å². The SMILES string of the molecule is Cc1ccc(N2CC(C(=O)Nc3ccc(OC(C)C)cc3)CC2=O)cc1C. The van der Waals surface area contributed by atoms with E-state index in [0.717, 1.165) is 17.0 Å². The Hall–Kier alpha value is -2.82. The van der Waals surface area contributed by atoms with Gasteiger partial charge in [0.1, 0.15) is 5.75 Å². The molecule has 1 N–H and O–H groups in total. The maximum atomic E-state index is 12.6. The molecule has 2 aromatic carbocycles. The van der Waals surface area contributed by atoms with Crippen molar-refractivity contribution in [3.05, 3.63) is 53.6 Å². The molecule has 2 aromatic rings. The number of anilines is 2. The molecule has 1 atom stereocenters. The van der Waals surface area contributed by atoms with E-state index in [2.05, 4.69) is 5.32 Å². The maximum absolute atomic E-state index is 12.6. The smallest absolute Gasteiger partial charge is 0.229 e. The summed E-state index contributed by atoms with van der Waals surface area (Å²) < 4.78 is 5.61. The van der Waals surface area contributed by atoms with Gasteiger partial charge >= 0.3 is 0 Å². The molecule has 1 saturated heterocycles. The Kier molecular flexibility index (Phi) is 5.49. The minimum Gasteiger partial charge on any atom is -0.491 e. The molecule has 5 heteroatoms. The third-order valence-electron chi connectivity index (χ3n) is 4.79. The quantitative estimate of drug-likeness (QED) is 0.867. The molecule has 27 heavy (non-hydrogen) atoms. The molecule has 1 aliphatic rings. The summed E-state index contributed by atoms with van der Waals surface area (Å²) in [5, 5.41) is 2.90. The third-order valence-corrected chi connectivity index (χ3v) is 4.79. The average molecular weight is 366 g/mol. The fourth-order valence-electron chi connectivity index (χ4n) is 3.16. The molecule has 142 valence electrons. The van der Waals surface area contributed by atoms with Crippen molar-refractivity contribution in [1.82, 2.24) is 0 Å². The number of nitrogens with zero attached hydrogens (tertiary/aromatic N) is 1. The summed E-state index contributed by atoms with van der Waals surface area (Å²) in [6.45, 7) is 8.40. The van der Waals surface area contributed by atoms with Crippen molar-refractivity contribution in [3.8, 4) is 5.75 Å². The molecule has 0 aromatic heterocycles. The van der Waals surface area contributed by atoms with Crippen molar-refractivity contribution in [2.24, 2.45) is 5.92 Å². The van der Waals surface area contributed by atoms with Crippen LogP contribution in [-0.2, 0) is 9.59 Å². The standard InChI is InChI=1S/C22H26N2O3/c1-14(2)27-20-9-6-18(7-10-20)23-22(26)17-12-21(25)24(13-17)19-8-5-15(3)16(4)11-19/h5-11,14,17H,12-13H2,1-4H3,(H,23,26). The zero-order chi connectivity index (χ0) is 19.6. The summed E-state index contributed by atoms with van der Waals surface area (Å²) in [5.41, 5.74) is 3.88. The molecule has 1 fully saturated rings. The van der Waals surface area contributed by atoms with Crippen LogP contribution in [0.4, 0.5) is 11.4 Å². The normalized spacial score (nSPS) is 16.7. The van der Waals surface area contributed by atoms with Gasteiger partial charge in [-0.25, -0.2) is 0 Å². The van der Waals surface area contributed by atoms with E-state index in [4.69, 9.17) is 4.74 Å². The first kappa shape index (κ1) is 19.0. The van der Waals surface area contributed by atoms with Crippen LogP contribution < -0.4 is 15.0 Å². The lowest BCUT2D eigenvalue weighted by Crippen LogP contribution is -2.28. The molecular weight excluding hydrogens is 340 g/mol. The molecule has 0 aliphatic carbocycles. The van der Waals surface area contributed by atoms with Crippen LogP contribution in [0.5, 0.6) is 5.75 Å². The van der Waals surface area contributed by atoms with Crippen molar-refractivity contribution in [1.29, 1.82) is 0 Å². The second-order valence-electron chi connectivity index (χ2n) is 7.35. The Bertz CT molecular complexity index is 843. The highest BCUT2D eigenvalue weighted by molar-refractivity contribution is 6.03. The number of nitrogens with one attached hydrogen (secondary N) is 1. The fraction of sp³-hybridized carbons (Fsp3) is 0.364. The average Bonchev–Trinajstić information content (AvgIpc) is 3.00. The van der Waals surface area contributed by atoms with Crippen LogP contribution in [-0.4, -0.2) is 24.5 Å². The predicted octanol–water partition coefficient (Wildman–Crippen LogP) is 4.08. The van der Waals surface area contributed by atoms with Gasteiger partial charge in [0.05, 0.1) is 12.0 Å². The van der Waals surface area contributed by atoms with Gasteiger partial charge in [0.25, 0.3) is 0 Å². The van der Waals surface area contributed by atoms with Gasteiger partial charge in [0, 0.05) is 24.3 Å². The maximum Gasteiger partial charge on any atom is 0.229 e. The summed E-state index contributed by atoms with van der Waals surface area (Å²) in [4.78, 5) is 26.7. The molecule has 2 amide bonds. The van der Waals surface area contributed by atoms with Crippen molar-refractivity contribution in [2.75, 3.05) is 16.8 Å². The Morgan fingerprint density at radius 3 is 2.44 bits per heavy atom. The minimum absolute atomic E-state index is 0.0147. The second kappa shape index (κ2) is 7.82. The van der Waals surface area contributed by atoms with Crippen molar-refractivity contribution in [2.45, 2.75) is 40.2 Å². The molecule has 5 nitrogen and oxygen atoms in total. The summed E-state index contributed by atoms with van der Waals surface area (Å²) in [6.07, 6.45) is 0.333. The molecule has 1 aliphatic heterocycles. The first-order chi connectivity index (χ1) is 12.8. The number of amides is 2. The van der Waals surface area contributed by atoms with Gasteiger partial charge in [0.2, 0.25) is 11.8 Å². The number of rotatable bonds is 5. The van der Waals surface area contributed by atoms with Crippen LogP contribution in [0.1, 0.15) is 31.4 Å². The van der Waals surface area contributed by atoms with Crippen LogP contribution >= 0.6 is 0 Å². The number of carbonyl (C=O) groups excluding carboxylic acids is 2. The van der Waals surface area contributed by atoms with E-state index in [1.54, 1.807) is 4.90 Å². The summed E-state index contributed by atoms with van der Waals surface area (Å²) in [7, 11) is 0. The molecule has 0 radical (unpaired) electrons. The van der Waals surface area contributed by atoms with Gasteiger partial charge < -0.3 is 15.0 Å². The van der Waals surface area contributed by atoms with Gasteiger partial charge in [-0.3, -0.25) is 9.59 Å². The highest BCUT2D eigenvalue weighted by atomic mass is 16.5. The Labute approximate surface area is 160 Å². The van der Waals surface area contributed by atoms with Crippen LogP contribution in [0.3, 0.4) is 0 Å². The zero-order valence-corrected chi connectivity index (χ0v) is 16.3. The van der Waals surface area contributed by atoms with Crippen molar-refractivity contribution >= 4 is 23.2 Å². The molecular formula is C22H26N2O3. The Balaban J connectivity index is 1.64. The summed E-state index contributed by atoms with van der Waals surface area (Å²) in [6, 6.07) is 13.2. The highest BCUT2D eigenvalue weighted by Gasteiger charge is 2.35. The van der Waals surface area contributed by atoms with E-state index < -0.39 is 0 Å². The first-order valence-electron chi connectivity index (χ1n) is 9.28. The lowest BCUT2D eigenvalue weighted by molar-refractivity contribution is -0.122. The minimum atomic E-state index is -0.356. The number of hydrogen-bond acceptors (Lipinski definition) is 3. The zero-order valence-electron chi connectivity index (χ0n) is 16.3. The Morgan fingerprint density at radius 1 is 1.11 bits per heavy atom. The van der Waals surface area contributed by atoms with Crippen molar-refractivity contribution < 1.29 is 14.3 Å². The van der Waals surface area contributed by atoms with Crippen LogP contribution in [0.25, 0.3) is 0 Å². The van der Waals surface area contributed by atoms with E-state index in [-0.39, 0.29) is 30.3 Å². The van der Waals surface area contributed by atoms with E-state index in [9.17, 15) is 9.59 Å². The molecule has 0 bridgehead atoms. The van der Waals surface area contributed by atoms with Crippen LogP contribution in [0, 0.1) is 19.8 Å². The monoisotopic (exact) mass is 366 g/mol. The highest BCUT2D eigenvalue weighted by Crippen LogP contribution is 2.28. The fourth-order valence-corrected chi connectivity index (χ4v) is 3.16. The van der Waals surface area contributed by atoms with Gasteiger partial charge in [-0.1, -0.05) is 6.07 Å². The topological polar surface area (TPSA) is 58.6 Å². The number of aryl methyl sites for hydroxylation is 2. The van der Waals surface area contributed by atoms with Gasteiger partial charge in [0.15, 0.2) is 0 Å². The van der Waals surface area contributed by atoms with E-state index >= 15 is 0 Å². The number of benzene rings is 2. The van der Waals surface area contributed by atoms with Crippen molar-refractivity contribution in [3.63, 3.8) is 0 Å². The summed E-state index contributed by atoms with van der Waals surface area (Å²) in [5.74, 6) is 0.261. The number of ether oxygens (including phenoxy) is 1. The van der Waals surface area contributed by atoms with Gasteiger partial charge in [-0.2, -0.15) is 0 Å². The van der Waals surface area contributed by atoms with Gasteiger partial charge in [-0.15, -0.1) is 0 Å². The first-order valence-corrected chi connectivity index (χ1v) is 9.28. The number of hydrogen-bond donors (Lipinski definition) is 1.